The van der Waals surface area contributed by atoms with Crippen molar-refractivity contribution in [3.8, 4) is 0 Å². The zero-order valence-corrected chi connectivity index (χ0v) is 6.77. The van der Waals surface area contributed by atoms with Gasteiger partial charge >= 0.3 is 37.4 Å². The first-order chi connectivity index (χ1) is 3.12. The number of hydrogen-bond donors (Lipinski definition) is 1. The van der Waals surface area contributed by atoms with E-state index in [2.05, 4.69) is 9.46 Å². The van der Waals surface area contributed by atoms with Crippen molar-refractivity contribution in [2.24, 2.45) is 0 Å². The average molecular weight is 158 g/mol. The van der Waals surface area contributed by atoms with Gasteiger partial charge in [0.1, 0.15) is 0 Å². The molecule has 0 saturated carbocycles. The van der Waals surface area contributed by atoms with E-state index in [1.165, 1.54) is 0 Å². The summed E-state index contributed by atoms with van der Waals surface area (Å²) in [5, 5.41) is 0. The molecule has 0 aliphatic rings. The zero-order chi connectivity index (χ0) is 5.91. The molecule has 0 aromatic heterocycles. The summed E-state index contributed by atoms with van der Waals surface area (Å²) in [6.07, 6.45) is 0. The molecule has 0 saturated heterocycles. The fourth-order valence-corrected chi connectivity index (χ4v) is 0.0319. The van der Waals surface area contributed by atoms with Crippen molar-refractivity contribution in [2.45, 2.75) is 0 Å². The molecule has 0 rings (SSSR count). The summed E-state index contributed by atoms with van der Waals surface area (Å²) in [5.41, 5.74) is 0. The first kappa shape index (κ1) is 11.7. The minimum absolute atomic E-state index is 0. The summed E-state index contributed by atoms with van der Waals surface area (Å²) in [4.78, 5) is 7.49. The molecule has 0 bridgehead atoms. The van der Waals surface area contributed by atoms with Crippen LogP contribution in [0.3, 0.4) is 0 Å². The Morgan fingerprint density at radius 2 is 1.75 bits per heavy atom. The summed E-state index contributed by atoms with van der Waals surface area (Å²) in [6, 6.07) is 0. The zero-order valence-electron chi connectivity index (χ0n) is 4.88. The minimum Gasteiger partial charge on any atom is -1.00 e. The van der Waals surface area contributed by atoms with E-state index < -0.39 is 7.82 Å². The van der Waals surface area contributed by atoms with E-state index in [9.17, 15) is 13.6 Å². The molecular weight excluding hydrogens is 156 g/mol. The summed E-state index contributed by atoms with van der Waals surface area (Å²) in [7, 11) is -4.99. The monoisotopic (exact) mass is 158 g/mol. The molecule has 1 N–H and O–H groups in total. The molecule has 8 heteroatoms. The number of rotatable bonds is 2. The van der Waals surface area contributed by atoms with E-state index in [0.29, 0.717) is 0 Å². The topological polar surface area (TPSA) is 55.8 Å². The van der Waals surface area contributed by atoms with Gasteiger partial charge in [0, 0.05) is 0 Å². The smallest absolute Gasteiger partial charge is 1.00 e. The maximum atomic E-state index is 10.4. The molecule has 0 aliphatic heterocycles. The van der Waals surface area contributed by atoms with Gasteiger partial charge in [-0.3, -0.25) is 4.89 Å². The maximum Gasteiger partial charge on any atom is 1.00 e. The van der Waals surface area contributed by atoms with Gasteiger partial charge in [0.2, 0.25) is 0 Å². The molecule has 0 radical (unpaired) electrons. The van der Waals surface area contributed by atoms with Crippen LogP contribution in [0, 0.1) is 0 Å². The molecule has 0 heterocycles. The Bertz CT molecular complexity index is 90.6. The van der Waals surface area contributed by atoms with Gasteiger partial charge in [-0.05, 0) is 9.05 Å². The molecule has 8 heavy (non-hydrogen) atoms. The Morgan fingerprint density at radius 1 is 1.50 bits per heavy atom. The molecule has 0 aliphatic carbocycles. The predicted octanol–water partition coefficient (Wildman–Crippen LogP) is -1.99. The van der Waals surface area contributed by atoms with Crippen LogP contribution in [-0.2, 0) is 14.0 Å². The number of hydrogen-bond acceptors (Lipinski definition) is 3. The van der Waals surface area contributed by atoms with Gasteiger partial charge < -0.3 is 1.43 Å². The van der Waals surface area contributed by atoms with Gasteiger partial charge in [-0.15, -0.1) is 0 Å². The van der Waals surface area contributed by atoms with Crippen LogP contribution in [-0.4, -0.2) is 4.89 Å². The van der Waals surface area contributed by atoms with Crippen LogP contribution in [0.2, 0.25) is 0 Å². The third-order valence-electron chi connectivity index (χ3n) is 0.174. The Hall–Kier alpha value is 0.970. The first-order valence-electron chi connectivity index (χ1n) is 1.06. The molecule has 0 unspecified atom stereocenters. The van der Waals surface area contributed by atoms with Gasteiger partial charge in [-0.2, -0.15) is 0 Å². The van der Waals surface area contributed by atoms with Crippen LogP contribution < -0.4 is 29.6 Å². The van der Waals surface area contributed by atoms with Crippen LogP contribution in [0.25, 0.3) is 0 Å². The fraction of sp³-hybridized carbons (Fsp3) is 0. The molecule has 0 fully saturated rings. The number of phosphoric acid groups is 1. The Balaban J connectivity index is -0.000000180. The standard InChI is InChI=1S/F2HO4P.Na.H/c1-5-7(3,4)6-2;;/h(H,3,4);;/q;+1;-1. The molecule has 0 spiro atoms. The maximum absolute atomic E-state index is 10.4. The SMILES string of the molecule is O=P(O)(OF)OF.[H-].[Na+]. The van der Waals surface area contributed by atoms with Crippen LogP contribution >= 0.6 is 7.82 Å². The third kappa shape index (κ3) is 5.11. The summed E-state index contributed by atoms with van der Waals surface area (Å²) in [5.74, 6) is 0. The van der Waals surface area contributed by atoms with E-state index in [1.54, 1.807) is 0 Å². The van der Waals surface area contributed by atoms with Crippen molar-refractivity contribution < 1.29 is 59.0 Å². The van der Waals surface area contributed by atoms with E-state index in [-0.39, 0.29) is 31.0 Å². The molecule has 0 aromatic rings. The second kappa shape index (κ2) is 4.81. The van der Waals surface area contributed by atoms with Crippen LogP contribution in [0.4, 0.5) is 9.05 Å². The quantitative estimate of drug-likeness (QED) is 0.373. The van der Waals surface area contributed by atoms with Crippen molar-refractivity contribution in [1.29, 1.82) is 0 Å². The second-order valence-electron chi connectivity index (χ2n) is 0.607. The van der Waals surface area contributed by atoms with Gasteiger partial charge in [0.05, 0.1) is 0 Å². The Labute approximate surface area is 67.0 Å². The largest absolute Gasteiger partial charge is 1.00 e. The van der Waals surface area contributed by atoms with Crippen molar-refractivity contribution >= 4 is 7.82 Å². The van der Waals surface area contributed by atoms with Crippen molar-refractivity contribution in [2.75, 3.05) is 0 Å². The normalized spacial score (nSPS) is 10.4. The van der Waals surface area contributed by atoms with Gasteiger partial charge in [-0.25, -0.2) is 4.57 Å². The van der Waals surface area contributed by atoms with E-state index >= 15 is 0 Å². The Kier molecular flexibility index (Phi) is 7.05. The third-order valence-corrected chi connectivity index (χ3v) is 0.523. The van der Waals surface area contributed by atoms with Gasteiger partial charge in [0.25, 0.3) is 0 Å². The average Bonchev–Trinajstić information content (AvgIpc) is 1.68. The summed E-state index contributed by atoms with van der Waals surface area (Å²) in [6.45, 7) is 0. The van der Waals surface area contributed by atoms with Gasteiger partial charge in [0.15, 0.2) is 0 Å². The first-order valence-corrected chi connectivity index (χ1v) is 2.55. The molecular formula is H2F2NaO4P. The number of halogens is 2. The molecule has 4 nitrogen and oxygen atoms in total. The summed E-state index contributed by atoms with van der Waals surface area (Å²) >= 11 is 0. The summed E-state index contributed by atoms with van der Waals surface area (Å²) < 4.78 is 34.3. The van der Waals surface area contributed by atoms with Gasteiger partial charge in [-0.1, -0.05) is 9.46 Å². The van der Waals surface area contributed by atoms with Crippen LogP contribution in [0.15, 0.2) is 0 Å². The van der Waals surface area contributed by atoms with Crippen molar-refractivity contribution in [3.05, 3.63) is 0 Å². The molecule has 46 valence electrons. The van der Waals surface area contributed by atoms with Crippen LogP contribution in [0.1, 0.15) is 1.43 Å². The van der Waals surface area contributed by atoms with Crippen molar-refractivity contribution in [1.82, 2.24) is 0 Å². The molecule has 0 atom stereocenters. The fourth-order valence-electron chi connectivity index (χ4n) is 0.0106. The van der Waals surface area contributed by atoms with Crippen molar-refractivity contribution in [3.63, 3.8) is 0 Å². The molecule has 0 amide bonds. The second-order valence-corrected chi connectivity index (χ2v) is 1.82. The van der Waals surface area contributed by atoms with E-state index in [1.807, 2.05) is 0 Å². The Morgan fingerprint density at radius 3 is 1.75 bits per heavy atom. The van der Waals surface area contributed by atoms with E-state index in [0.717, 1.165) is 0 Å². The molecule has 0 aromatic carbocycles. The minimum atomic E-state index is -4.99. The predicted molar refractivity (Wildman–Crippen MR) is 15.3 cm³/mol. The van der Waals surface area contributed by atoms with Crippen LogP contribution in [0.5, 0.6) is 0 Å². The van der Waals surface area contributed by atoms with E-state index in [4.69, 9.17) is 4.89 Å².